The van der Waals surface area contributed by atoms with Gasteiger partial charge in [0.25, 0.3) is 11.8 Å². The van der Waals surface area contributed by atoms with E-state index in [2.05, 4.69) is 22.8 Å². The minimum atomic E-state index is -1.78. The predicted molar refractivity (Wildman–Crippen MR) is 153 cm³/mol. The lowest BCUT2D eigenvalue weighted by Gasteiger charge is -2.46. The molecule has 2 heterocycles. The maximum Gasteiger partial charge on any atom is 0.309 e. The number of nitrogens with one attached hydrogen (secondary N) is 2. The highest BCUT2D eigenvalue weighted by atomic mass is 16.7. The first-order valence-corrected chi connectivity index (χ1v) is 15.3. The lowest BCUT2D eigenvalue weighted by molar-refractivity contribution is -0.888. The molecule has 13 atom stereocenters. The number of carboxylic acids is 1. The van der Waals surface area contributed by atoms with Crippen molar-refractivity contribution >= 4 is 17.8 Å². The van der Waals surface area contributed by atoms with Crippen LogP contribution >= 0.6 is 0 Å². The van der Waals surface area contributed by atoms with Crippen LogP contribution in [0.5, 0.6) is 0 Å². The van der Waals surface area contributed by atoms with Crippen LogP contribution in [0.2, 0.25) is 0 Å². The van der Waals surface area contributed by atoms with Gasteiger partial charge in [0.15, 0.2) is 24.8 Å². The maximum atomic E-state index is 13.4. The molecule has 16 heteroatoms. The molecule has 3 fully saturated rings. The fourth-order valence-corrected chi connectivity index (χ4v) is 6.53. The molecular weight excluding hydrogens is 598 g/mol. The number of ether oxygens (including phenoxy) is 5. The Bertz CT molecular complexity index is 1080. The number of aliphatic carboxylic acids is 1. The van der Waals surface area contributed by atoms with Gasteiger partial charge in [0, 0.05) is 20.8 Å². The highest BCUT2D eigenvalue weighted by Gasteiger charge is 2.54. The Hall–Kier alpha value is -2.25. The van der Waals surface area contributed by atoms with Crippen molar-refractivity contribution in [1.29, 1.82) is 0 Å². The van der Waals surface area contributed by atoms with E-state index in [9.17, 15) is 34.8 Å². The summed E-state index contributed by atoms with van der Waals surface area (Å²) >= 11 is 0. The summed E-state index contributed by atoms with van der Waals surface area (Å²) < 4.78 is 28.0. The number of nitrogens with zero attached hydrogens (tertiary/aromatic N) is 1. The Morgan fingerprint density at radius 3 is 2.04 bits per heavy atom. The minimum absolute atomic E-state index is 0.0456. The number of quaternary nitrogens is 1. The van der Waals surface area contributed by atoms with Gasteiger partial charge in [-0.1, -0.05) is 12.2 Å². The van der Waals surface area contributed by atoms with Crippen molar-refractivity contribution in [2.24, 2.45) is 17.8 Å². The standard InChI is InChI=1S/C29H47N3O13/c1-32(2,9-7-17(33)34)10-8-30-26(39)24-22(41-3)18(35)21(38)29(45-24)43-23-19(36)20(37)28(42-4)44-25(23)27(40)31-13-16-12-14-5-6-15(16)11-14/h5-6,14-16,18-25,28-29,35-38H,7-13H2,1-4H3,(H2-,30,31,33,34,39,40)/p+1/t14?,15?,16?,18-,19-,20-,21-,22+,23+,24?,25?,28?,29?/m1/s1. The highest BCUT2D eigenvalue weighted by Crippen LogP contribution is 2.43. The van der Waals surface area contributed by atoms with E-state index in [0.29, 0.717) is 36.0 Å². The van der Waals surface area contributed by atoms with Crippen molar-refractivity contribution in [3.63, 3.8) is 0 Å². The van der Waals surface area contributed by atoms with Gasteiger partial charge in [0.1, 0.15) is 36.6 Å². The summed E-state index contributed by atoms with van der Waals surface area (Å²) in [6, 6.07) is 0. The molecule has 4 rings (SSSR count). The molecule has 7 unspecified atom stereocenters. The number of likely N-dealkylation sites (N-methyl/N-ethyl adjacent to an activating group) is 1. The van der Waals surface area contributed by atoms with Gasteiger partial charge >= 0.3 is 5.97 Å². The number of carbonyl (C=O) groups is 3. The fourth-order valence-electron chi connectivity index (χ4n) is 6.53. The van der Waals surface area contributed by atoms with E-state index in [0.717, 1.165) is 12.8 Å². The Morgan fingerprint density at radius 2 is 1.44 bits per heavy atom. The molecule has 4 aliphatic rings. The number of fused-ring (bicyclic) bond motifs is 2. The van der Waals surface area contributed by atoms with Crippen LogP contribution in [0.25, 0.3) is 0 Å². The Labute approximate surface area is 261 Å². The number of carbonyl (C=O) groups excluding carboxylic acids is 2. The van der Waals surface area contributed by atoms with Gasteiger partial charge in [-0.3, -0.25) is 14.4 Å². The number of carboxylic acid groups (broad SMARTS) is 1. The first-order valence-electron chi connectivity index (χ1n) is 15.3. The summed E-state index contributed by atoms with van der Waals surface area (Å²) in [5, 5.41) is 57.8. The second-order valence-corrected chi connectivity index (χ2v) is 13.0. The summed E-state index contributed by atoms with van der Waals surface area (Å²) in [5.74, 6) is -1.17. The molecule has 2 aliphatic heterocycles. The number of hydrogen-bond acceptors (Lipinski definition) is 12. The first-order chi connectivity index (χ1) is 21.3. The third-order valence-electron chi connectivity index (χ3n) is 9.30. The van der Waals surface area contributed by atoms with Crippen LogP contribution in [0.3, 0.4) is 0 Å². The molecular formula is C29H48N3O13+. The van der Waals surface area contributed by atoms with Crippen molar-refractivity contribution in [2.45, 2.75) is 80.7 Å². The third-order valence-corrected chi connectivity index (χ3v) is 9.30. The SMILES string of the molecule is COC1OC(C(=O)NCC2CC3C=CC2C3)[C@@H](OC2OC(C(=O)NCC[N+](C)(C)CCC(=O)O)[C@@H](OC)[C@H](O)[C@H]2O)[C@H](O)[C@H]1O. The van der Waals surface area contributed by atoms with Crippen LogP contribution in [-0.4, -0.2) is 164 Å². The molecule has 0 aromatic heterocycles. The van der Waals surface area contributed by atoms with Crippen molar-refractivity contribution in [1.82, 2.24) is 10.6 Å². The number of aliphatic hydroxyl groups excluding tert-OH is 4. The number of amides is 2. The van der Waals surface area contributed by atoms with Crippen LogP contribution < -0.4 is 10.6 Å². The molecule has 1 saturated carbocycles. The van der Waals surface area contributed by atoms with Crippen molar-refractivity contribution in [3.05, 3.63) is 12.2 Å². The van der Waals surface area contributed by atoms with E-state index in [1.807, 2.05) is 14.1 Å². The van der Waals surface area contributed by atoms with E-state index in [4.69, 9.17) is 28.8 Å². The molecule has 7 N–H and O–H groups in total. The summed E-state index contributed by atoms with van der Waals surface area (Å²) in [4.78, 5) is 37.5. The second kappa shape index (κ2) is 15.1. The van der Waals surface area contributed by atoms with E-state index in [1.165, 1.54) is 14.2 Å². The number of rotatable bonds is 14. The first kappa shape index (κ1) is 35.6. The largest absolute Gasteiger partial charge is 0.481 e. The molecule has 16 nitrogen and oxygen atoms in total. The third kappa shape index (κ3) is 8.38. The quantitative estimate of drug-likeness (QED) is 0.0736. The van der Waals surface area contributed by atoms with Gasteiger partial charge < -0.3 is 64.3 Å². The molecule has 0 aromatic rings. The van der Waals surface area contributed by atoms with Crippen molar-refractivity contribution in [3.8, 4) is 0 Å². The van der Waals surface area contributed by atoms with Gasteiger partial charge in [0.2, 0.25) is 0 Å². The van der Waals surface area contributed by atoms with E-state index >= 15 is 0 Å². The van der Waals surface area contributed by atoms with Crippen LogP contribution in [0.15, 0.2) is 12.2 Å². The lowest BCUT2D eigenvalue weighted by atomic mass is 9.93. The lowest BCUT2D eigenvalue weighted by Crippen LogP contribution is -2.67. The molecule has 0 spiro atoms. The average Bonchev–Trinajstić information content (AvgIpc) is 3.63. The Morgan fingerprint density at radius 1 is 0.822 bits per heavy atom. The number of aliphatic hydroxyl groups is 4. The zero-order valence-electron chi connectivity index (χ0n) is 26.1. The Balaban J connectivity index is 1.43. The normalized spacial score (nSPS) is 39.5. The zero-order valence-corrected chi connectivity index (χ0v) is 26.1. The average molecular weight is 647 g/mol. The van der Waals surface area contributed by atoms with Gasteiger partial charge in [-0.2, -0.15) is 0 Å². The fraction of sp³-hybridized carbons (Fsp3) is 0.828. The van der Waals surface area contributed by atoms with Crippen molar-refractivity contribution < 1.29 is 68.1 Å². The topological polar surface area (TPSA) is 223 Å². The number of hydrogen-bond donors (Lipinski definition) is 7. The molecule has 45 heavy (non-hydrogen) atoms. The van der Waals surface area contributed by atoms with Crippen LogP contribution in [0.1, 0.15) is 19.3 Å². The number of allylic oxidation sites excluding steroid dienone is 2. The van der Waals surface area contributed by atoms with E-state index in [1.54, 1.807) is 0 Å². The molecule has 2 saturated heterocycles. The summed E-state index contributed by atoms with van der Waals surface area (Å²) in [6.07, 6.45) is -9.55. The zero-order chi connectivity index (χ0) is 33.1. The molecule has 2 bridgehead atoms. The predicted octanol–water partition coefficient (Wildman–Crippen LogP) is -3.08. The minimum Gasteiger partial charge on any atom is -0.481 e. The maximum absolute atomic E-state index is 13.4. The van der Waals surface area contributed by atoms with Crippen LogP contribution in [-0.2, 0) is 38.1 Å². The van der Waals surface area contributed by atoms with Crippen LogP contribution in [0.4, 0.5) is 0 Å². The molecule has 2 aliphatic carbocycles. The summed E-state index contributed by atoms with van der Waals surface area (Å²) in [6.45, 7) is 1.21. The van der Waals surface area contributed by atoms with Crippen LogP contribution in [0, 0.1) is 17.8 Å². The summed E-state index contributed by atoms with van der Waals surface area (Å²) in [7, 11) is 6.10. The van der Waals surface area contributed by atoms with Gasteiger partial charge in [-0.25, -0.2) is 0 Å². The van der Waals surface area contributed by atoms with E-state index in [-0.39, 0.29) is 18.9 Å². The molecule has 2 amide bonds. The smallest absolute Gasteiger partial charge is 0.309 e. The monoisotopic (exact) mass is 646 g/mol. The van der Waals surface area contributed by atoms with Gasteiger partial charge in [-0.05, 0) is 30.6 Å². The molecule has 0 radical (unpaired) electrons. The second-order valence-electron chi connectivity index (χ2n) is 13.0. The molecule has 0 aromatic carbocycles. The number of methoxy groups -OCH3 is 2. The van der Waals surface area contributed by atoms with E-state index < -0.39 is 79.2 Å². The van der Waals surface area contributed by atoms with Crippen molar-refractivity contribution in [2.75, 3.05) is 54.5 Å². The van der Waals surface area contributed by atoms with Gasteiger partial charge in [0.05, 0.1) is 40.2 Å². The molecule has 256 valence electrons. The Kier molecular flexibility index (Phi) is 11.9. The van der Waals surface area contributed by atoms with Gasteiger partial charge in [-0.15, -0.1) is 0 Å². The summed E-state index contributed by atoms with van der Waals surface area (Å²) in [5.41, 5.74) is 0. The highest BCUT2D eigenvalue weighted by molar-refractivity contribution is 5.82.